The lowest BCUT2D eigenvalue weighted by atomic mass is 10.1. The molecule has 0 aliphatic carbocycles. The number of rotatable bonds is 3. The van der Waals surface area contributed by atoms with Crippen LogP contribution in [-0.2, 0) is 15.0 Å². The third-order valence-electron chi connectivity index (χ3n) is 2.84. The number of halogens is 3. The molecular weight excluding hydrogens is 300 g/mol. The molecule has 1 amide bonds. The van der Waals surface area contributed by atoms with Crippen molar-refractivity contribution in [1.82, 2.24) is 0 Å². The molecule has 1 aliphatic heterocycles. The van der Waals surface area contributed by atoms with Gasteiger partial charge < -0.3 is 4.90 Å². The molecular formula is C11H10ClF2NO3S. The van der Waals surface area contributed by atoms with E-state index in [1.54, 1.807) is 0 Å². The number of carbonyl (C=O) groups excluding carboxylic acids is 1. The van der Waals surface area contributed by atoms with Crippen molar-refractivity contribution in [2.75, 3.05) is 17.2 Å². The summed E-state index contributed by atoms with van der Waals surface area (Å²) in [6, 6.07) is 3.82. The van der Waals surface area contributed by atoms with E-state index in [0.29, 0.717) is 0 Å². The summed E-state index contributed by atoms with van der Waals surface area (Å²) < 4.78 is 47.4. The first kappa shape index (κ1) is 14.2. The molecule has 0 aromatic heterocycles. The fourth-order valence-corrected chi connectivity index (χ4v) is 3.05. The summed E-state index contributed by atoms with van der Waals surface area (Å²) in [6.07, 6.45) is -0.120. The van der Waals surface area contributed by atoms with E-state index in [1.165, 1.54) is 12.1 Å². The van der Waals surface area contributed by atoms with Crippen LogP contribution >= 0.6 is 11.6 Å². The first-order valence-electron chi connectivity index (χ1n) is 5.44. The first-order valence-corrected chi connectivity index (χ1v) is 7.37. The monoisotopic (exact) mass is 309 g/mol. The highest BCUT2D eigenvalue weighted by atomic mass is 35.5. The molecule has 1 heterocycles. The van der Waals surface area contributed by atoms with Gasteiger partial charge in [0.05, 0.1) is 11.4 Å². The Bertz CT molecular complexity index is 620. The first-order chi connectivity index (χ1) is 8.76. The molecule has 8 heteroatoms. The van der Waals surface area contributed by atoms with Gasteiger partial charge in [0.15, 0.2) is 0 Å². The lowest BCUT2D eigenvalue weighted by Crippen LogP contribution is -2.26. The lowest BCUT2D eigenvalue weighted by Gasteiger charge is -2.17. The molecule has 1 aromatic rings. The van der Waals surface area contributed by atoms with Crippen LogP contribution in [0.25, 0.3) is 0 Å². The summed E-state index contributed by atoms with van der Waals surface area (Å²) in [5, 5.41) is 0.191. The molecule has 1 unspecified atom stereocenters. The normalized spacial score (nSPS) is 20.1. The Balaban J connectivity index is 2.20. The average Bonchev–Trinajstić information content (AvgIpc) is 2.56. The van der Waals surface area contributed by atoms with Gasteiger partial charge in [0.1, 0.15) is 5.82 Å². The van der Waals surface area contributed by atoms with Crippen LogP contribution in [0.3, 0.4) is 0 Å². The molecule has 1 atom stereocenters. The number of hydrogen-bond acceptors (Lipinski definition) is 3. The van der Waals surface area contributed by atoms with E-state index in [1.807, 2.05) is 0 Å². The molecule has 1 aromatic carbocycles. The topological polar surface area (TPSA) is 54.5 Å². The molecule has 0 N–H and O–H groups in total. The van der Waals surface area contributed by atoms with E-state index < -0.39 is 33.6 Å². The van der Waals surface area contributed by atoms with Crippen molar-refractivity contribution in [2.45, 2.75) is 6.42 Å². The minimum Gasteiger partial charge on any atom is -0.309 e. The van der Waals surface area contributed by atoms with Gasteiger partial charge in [0, 0.05) is 23.9 Å². The summed E-state index contributed by atoms with van der Waals surface area (Å²) in [5.74, 6) is -2.51. The second-order valence-electron chi connectivity index (χ2n) is 4.38. The number of anilines is 1. The van der Waals surface area contributed by atoms with Gasteiger partial charge in [-0.2, -0.15) is 8.42 Å². The van der Waals surface area contributed by atoms with Gasteiger partial charge in [-0.1, -0.05) is 11.6 Å². The molecule has 0 radical (unpaired) electrons. The third kappa shape index (κ3) is 3.42. The molecule has 104 valence electrons. The maximum Gasteiger partial charge on any atom is 0.302 e. The van der Waals surface area contributed by atoms with E-state index >= 15 is 0 Å². The predicted octanol–water partition coefficient (Wildman–Crippen LogP) is 2.13. The van der Waals surface area contributed by atoms with Gasteiger partial charge >= 0.3 is 10.2 Å². The van der Waals surface area contributed by atoms with Crippen LogP contribution in [0.4, 0.5) is 14.0 Å². The molecule has 1 fully saturated rings. The van der Waals surface area contributed by atoms with Crippen molar-refractivity contribution in [3.05, 3.63) is 29.0 Å². The smallest absolute Gasteiger partial charge is 0.302 e. The van der Waals surface area contributed by atoms with Crippen molar-refractivity contribution in [3.63, 3.8) is 0 Å². The van der Waals surface area contributed by atoms with E-state index in [4.69, 9.17) is 11.6 Å². The van der Waals surface area contributed by atoms with Crippen LogP contribution in [0.1, 0.15) is 6.42 Å². The van der Waals surface area contributed by atoms with Gasteiger partial charge in [-0.25, -0.2) is 4.39 Å². The average molecular weight is 310 g/mol. The number of nitrogens with zero attached hydrogens (tertiary/aromatic N) is 1. The van der Waals surface area contributed by atoms with Gasteiger partial charge in [0.2, 0.25) is 5.91 Å². The van der Waals surface area contributed by atoms with Crippen LogP contribution in [0.2, 0.25) is 5.02 Å². The largest absolute Gasteiger partial charge is 0.309 e. The molecule has 2 rings (SSSR count). The second-order valence-corrected chi connectivity index (χ2v) is 6.22. The Kier molecular flexibility index (Phi) is 3.78. The Labute approximate surface area is 114 Å². The van der Waals surface area contributed by atoms with Crippen LogP contribution in [0.15, 0.2) is 18.2 Å². The second kappa shape index (κ2) is 5.05. The van der Waals surface area contributed by atoms with Crippen LogP contribution < -0.4 is 4.90 Å². The molecule has 0 bridgehead atoms. The molecule has 0 saturated carbocycles. The summed E-state index contributed by atoms with van der Waals surface area (Å²) in [7, 11) is -4.65. The highest BCUT2D eigenvalue weighted by molar-refractivity contribution is 7.86. The zero-order valence-electron chi connectivity index (χ0n) is 9.64. The Morgan fingerprint density at radius 2 is 2.11 bits per heavy atom. The fraction of sp³-hybridized carbons (Fsp3) is 0.364. The van der Waals surface area contributed by atoms with E-state index in [-0.39, 0.29) is 23.7 Å². The molecule has 0 spiro atoms. The zero-order valence-corrected chi connectivity index (χ0v) is 11.2. The van der Waals surface area contributed by atoms with E-state index in [9.17, 15) is 21.5 Å². The van der Waals surface area contributed by atoms with Crippen LogP contribution in [-0.4, -0.2) is 26.6 Å². The minimum atomic E-state index is -4.65. The maximum absolute atomic E-state index is 13.7. The number of carbonyl (C=O) groups is 1. The summed E-state index contributed by atoms with van der Waals surface area (Å²) in [6.45, 7) is -0.0272. The predicted molar refractivity (Wildman–Crippen MR) is 66.8 cm³/mol. The summed E-state index contributed by atoms with van der Waals surface area (Å²) in [5.41, 5.74) is 0.0214. The number of amides is 1. The Morgan fingerprint density at radius 1 is 1.42 bits per heavy atom. The lowest BCUT2D eigenvalue weighted by molar-refractivity contribution is -0.117. The van der Waals surface area contributed by atoms with Crippen LogP contribution in [0, 0.1) is 11.7 Å². The van der Waals surface area contributed by atoms with E-state index in [2.05, 4.69) is 0 Å². The highest BCUT2D eigenvalue weighted by Gasteiger charge is 2.34. The van der Waals surface area contributed by atoms with E-state index in [0.717, 1.165) is 11.0 Å². The van der Waals surface area contributed by atoms with Gasteiger partial charge in [-0.3, -0.25) is 4.79 Å². The van der Waals surface area contributed by atoms with Gasteiger partial charge in [0.25, 0.3) is 0 Å². The molecule has 19 heavy (non-hydrogen) atoms. The van der Waals surface area contributed by atoms with Crippen LogP contribution in [0.5, 0.6) is 0 Å². The molecule has 1 aliphatic rings. The number of benzene rings is 1. The van der Waals surface area contributed by atoms with Crippen molar-refractivity contribution in [1.29, 1.82) is 0 Å². The van der Waals surface area contributed by atoms with Crippen molar-refractivity contribution < 1.29 is 21.5 Å². The molecule has 4 nitrogen and oxygen atoms in total. The van der Waals surface area contributed by atoms with Gasteiger partial charge in [-0.15, -0.1) is 3.89 Å². The standard InChI is InChI=1S/C11H10ClF2NO3S/c12-8-1-2-10(9(13)4-8)15-5-7(3-11(15)16)6-19(14,17)18/h1-2,4,7H,3,5-6H2. The highest BCUT2D eigenvalue weighted by Crippen LogP contribution is 2.29. The zero-order chi connectivity index (χ0) is 14.2. The van der Waals surface area contributed by atoms with Gasteiger partial charge in [-0.05, 0) is 18.2 Å². The van der Waals surface area contributed by atoms with Crippen molar-refractivity contribution >= 4 is 33.4 Å². The summed E-state index contributed by atoms with van der Waals surface area (Å²) in [4.78, 5) is 12.8. The minimum absolute atomic E-state index is 0.0214. The maximum atomic E-state index is 13.7. The number of hydrogen-bond donors (Lipinski definition) is 0. The quantitative estimate of drug-likeness (QED) is 0.804. The van der Waals surface area contributed by atoms with Crippen molar-refractivity contribution in [3.8, 4) is 0 Å². The Morgan fingerprint density at radius 3 is 2.68 bits per heavy atom. The Hall–Kier alpha value is -1.21. The fourth-order valence-electron chi connectivity index (χ4n) is 2.11. The SMILES string of the molecule is O=C1CC(CS(=O)(=O)F)CN1c1ccc(Cl)cc1F. The van der Waals surface area contributed by atoms with Crippen molar-refractivity contribution in [2.24, 2.45) is 5.92 Å². The summed E-state index contributed by atoms with van der Waals surface area (Å²) >= 11 is 5.60. The third-order valence-corrected chi connectivity index (χ3v) is 3.95. The molecule has 1 saturated heterocycles.